The molecular formula is C16H15Cl2NO4S. The van der Waals surface area contributed by atoms with E-state index in [0.717, 1.165) is 5.56 Å². The van der Waals surface area contributed by atoms with Crippen molar-refractivity contribution >= 4 is 33.2 Å². The predicted molar refractivity (Wildman–Crippen MR) is 92.6 cm³/mol. The molecule has 0 radical (unpaired) electrons. The maximum absolute atomic E-state index is 12.6. The Morgan fingerprint density at radius 2 is 1.75 bits per heavy atom. The van der Waals surface area contributed by atoms with Crippen LogP contribution in [0.2, 0.25) is 10.0 Å². The number of sulfonamides is 1. The van der Waals surface area contributed by atoms with E-state index >= 15 is 0 Å². The van der Waals surface area contributed by atoms with Crippen LogP contribution in [0.4, 0.5) is 0 Å². The molecule has 0 saturated heterocycles. The zero-order chi connectivity index (χ0) is 17.3. The Labute approximate surface area is 150 Å². The highest BCUT2D eigenvalue weighted by atomic mass is 35.5. The largest absolute Gasteiger partial charge is 0.486 e. The van der Waals surface area contributed by atoms with Gasteiger partial charge in [-0.15, -0.1) is 0 Å². The van der Waals surface area contributed by atoms with E-state index in [0.29, 0.717) is 29.7 Å². The van der Waals surface area contributed by atoms with E-state index in [1.54, 1.807) is 25.1 Å². The lowest BCUT2D eigenvalue weighted by molar-refractivity contribution is 0.171. The van der Waals surface area contributed by atoms with Gasteiger partial charge in [-0.25, -0.2) is 13.1 Å². The Morgan fingerprint density at radius 3 is 2.50 bits per heavy atom. The molecule has 0 aromatic heterocycles. The summed E-state index contributed by atoms with van der Waals surface area (Å²) in [4.78, 5) is -0.0546. The number of nitrogens with one attached hydrogen (secondary N) is 1. The fourth-order valence-electron chi connectivity index (χ4n) is 2.38. The van der Waals surface area contributed by atoms with Crippen molar-refractivity contribution in [2.75, 3.05) is 13.2 Å². The fraction of sp³-hybridized carbons (Fsp3) is 0.250. The summed E-state index contributed by atoms with van der Waals surface area (Å²) in [6.45, 7) is 2.71. The van der Waals surface area contributed by atoms with Gasteiger partial charge < -0.3 is 9.47 Å². The van der Waals surface area contributed by atoms with Gasteiger partial charge in [-0.3, -0.25) is 0 Å². The molecule has 0 saturated carbocycles. The smallest absolute Gasteiger partial charge is 0.242 e. The van der Waals surface area contributed by atoms with Crippen LogP contribution in [0.25, 0.3) is 0 Å². The van der Waals surface area contributed by atoms with E-state index in [2.05, 4.69) is 4.72 Å². The van der Waals surface area contributed by atoms with Crippen LogP contribution in [-0.4, -0.2) is 21.6 Å². The molecule has 1 heterocycles. The maximum Gasteiger partial charge on any atom is 0.242 e. The van der Waals surface area contributed by atoms with Gasteiger partial charge in [0.05, 0.1) is 5.02 Å². The molecule has 8 heteroatoms. The van der Waals surface area contributed by atoms with Crippen LogP contribution in [-0.2, 0) is 10.0 Å². The first-order valence-corrected chi connectivity index (χ1v) is 9.48. The van der Waals surface area contributed by atoms with Gasteiger partial charge in [0.1, 0.15) is 18.1 Å². The quantitative estimate of drug-likeness (QED) is 0.865. The van der Waals surface area contributed by atoms with Crippen molar-refractivity contribution in [3.8, 4) is 11.5 Å². The summed E-state index contributed by atoms with van der Waals surface area (Å²) < 4.78 is 38.7. The monoisotopic (exact) mass is 387 g/mol. The minimum Gasteiger partial charge on any atom is -0.486 e. The number of hydrogen-bond acceptors (Lipinski definition) is 4. The topological polar surface area (TPSA) is 64.6 Å². The highest BCUT2D eigenvalue weighted by molar-refractivity contribution is 7.89. The van der Waals surface area contributed by atoms with E-state index in [4.69, 9.17) is 32.7 Å². The number of ether oxygens (including phenoxy) is 2. The van der Waals surface area contributed by atoms with Gasteiger partial charge in [0.15, 0.2) is 11.5 Å². The van der Waals surface area contributed by atoms with E-state index < -0.39 is 16.1 Å². The molecule has 2 aromatic carbocycles. The van der Waals surface area contributed by atoms with E-state index in [-0.39, 0.29) is 9.92 Å². The molecule has 0 spiro atoms. The molecule has 5 nitrogen and oxygen atoms in total. The lowest BCUT2D eigenvalue weighted by Crippen LogP contribution is -2.27. The summed E-state index contributed by atoms with van der Waals surface area (Å²) in [6.07, 6.45) is 0. The zero-order valence-corrected chi connectivity index (χ0v) is 15.1. The molecule has 2 aromatic rings. The van der Waals surface area contributed by atoms with Gasteiger partial charge in [-0.1, -0.05) is 29.3 Å². The first kappa shape index (κ1) is 17.4. The molecule has 24 heavy (non-hydrogen) atoms. The van der Waals surface area contributed by atoms with Crippen LogP contribution >= 0.6 is 23.2 Å². The van der Waals surface area contributed by atoms with Gasteiger partial charge in [-0.2, -0.15) is 0 Å². The molecule has 0 bridgehead atoms. The Balaban J connectivity index is 1.86. The normalized spacial score (nSPS) is 15.1. The summed E-state index contributed by atoms with van der Waals surface area (Å²) in [7, 11) is -3.82. The predicted octanol–water partition coefficient (Wildman–Crippen LogP) is 3.80. The van der Waals surface area contributed by atoms with Gasteiger partial charge in [0, 0.05) is 11.1 Å². The van der Waals surface area contributed by atoms with Gasteiger partial charge in [0.2, 0.25) is 10.0 Å². The van der Waals surface area contributed by atoms with Crippen LogP contribution < -0.4 is 14.2 Å². The number of hydrogen-bond donors (Lipinski definition) is 1. The zero-order valence-electron chi connectivity index (χ0n) is 12.8. The summed E-state index contributed by atoms with van der Waals surface area (Å²) >= 11 is 11.9. The van der Waals surface area contributed by atoms with Crippen LogP contribution in [0, 0.1) is 0 Å². The maximum atomic E-state index is 12.6. The highest BCUT2D eigenvalue weighted by Crippen LogP contribution is 2.33. The third-order valence-corrected chi connectivity index (χ3v) is 5.84. The second-order valence-electron chi connectivity index (χ2n) is 5.32. The number of benzene rings is 2. The van der Waals surface area contributed by atoms with Crippen LogP contribution in [0.15, 0.2) is 41.3 Å². The van der Waals surface area contributed by atoms with Crippen molar-refractivity contribution in [2.45, 2.75) is 17.9 Å². The van der Waals surface area contributed by atoms with Crippen molar-refractivity contribution in [3.05, 3.63) is 52.0 Å². The minimum absolute atomic E-state index is 0.0546. The van der Waals surface area contributed by atoms with Gasteiger partial charge in [0.25, 0.3) is 0 Å². The lowest BCUT2D eigenvalue weighted by atomic mass is 10.1. The average molecular weight is 388 g/mol. The lowest BCUT2D eigenvalue weighted by Gasteiger charge is -2.21. The van der Waals surface area contributed by atoms with E-state index in [9.17, 15) is 8.42 Å². The average Bonchev–Trinajstić information content (AvgIpc) is 2.56. The van der Waals surface area contributed by atoms with Crippen molar-refractivity contribution in [2.24, 2.45) is 0 Å². The van der Waals surface area contributed by atoms with Crippen molar-refractivity contribution in [1.82, 2.24) is 4.72 Å². The molecule has 1 aliphatic rings. The Morgan fingerprint density at radius 1 is 1.04 bits per heavy atom. The Kier molecular flexibility index (Phi) is 4.92. The highest BCUT2D eigenvalue weighted by Gasteiger charge is 2.23. The van der Waals surface area contributed by atoms with Gasteiger partial charge >= 0.3 is 0 Å². The standard InChI is InChI=1S/C16H15Cl2NO4S/c1-10(11-2-5-14-15(8-11)23-7-6-22-14)19-24(20,21)16-9-12(17)3-4-13(16)18/h2-5,8-10,19H,6-7H2,1H3. The third kappa shape index (κ3) is 3.62. The molecule has 0 amide bonds. The minimum atomic E-state index is -3.82. The molecule has 0 aliphatic carbocycles. The molecule has 128 valence electrons. The van der Waals surface area contributed by atoms with Gasteiger partial charge in [-0.05, 0) is 42.8 Å². The summed E-state index contributed by atoms with van der Waals surface area (Å²) in [6, 6.07) is 9.15. The second kappa shape index (κ2) is 6.80. The fourth-order valence-corrected chi connectivity index (χ4v) is 4.37. The third-order valence-electron chi connectivity index (χ3n) is 3.58. The molecule has 1 atom stereocenters. The number of rotatable bonds is 4. The molecule has 1 aliphatic heterocycles. The first-order valence-electron chi connectivity index (χ1n) is 7.24. The molecule has 0 fully saturated rings. The van der Waals surface area contributed by atoms with E-state index in [1.165, 1.54) is 18.2 Å². The van der Waals surface area contributed by atoms with Crippen LogP contribution in [0.3, 0.4) is 0 Å². The molecule has 1 N–H and O–H groups in total. The Hall–Kier alpha value is -1.47. The Bertz CT molecular complexity index is 870. The summed E-state index contributed by atoms with van der Waals surface area (Å²) in [5, 5.41) is 0.410. The van der Waals surface area contributed by atoms with Crippen LogP contribution in [0.1, 0.15) is 18.5 Å². The molecular weight excluding hydrogens is 373 g/mol. The van der Waals surface area contributed by atoms with Crippen molar-refractivity contribution in [3.63, 3.8) is 0 Å². The summed E-state index contributed by atoms with van der Waals surface area (Å²) in [5.74, 6) is 1.25. The number of fused-ring (bicyclic) bond motifs is 1. The first-order chi connectivity index (χ1) is 11.4. The number of halogens is 2. The SMILES string of the molecule is CC(NS(=O)(=O)c1cc(Cl)ccc1Cl)c1ccc2c(c1)OCCO2. The summed E-state index contributed by atoms with van der Waals surface area (Å²) in [5.41, 5.74) is 0.751. The molecule has 1 unspecified atom stereocenters. The van der Waals surface area contributed by atoms with E-state index in [1.807, 2.05) is 0 Å². The van der Waals surface area contributed by atoms with Crippen LogP contribution in [0.5, 0.6) is 11.5 Å². The van der Waals surface area contributed by atoms with Crippen molar-refractivity contribution in [1.29, 1.82) is 0 Å². The molecule has 3 rings (SSSR count). The second-order valence-corrected chi connectivity index (χ2v) is 7.85. The van der Waals surface area contributed by atoms with Crippen molar-refractivity contribution < 1.29 is 17.9 Å².